The highest BCUT2D eigenvalue weighted by atomic mass is 79.9. The van der Waals surface area contributed by atoms with E-state index in [1.807, 2.05) is 0 Å². The molecule has 0 bridgehead atoms. The molecule has 5 heteroatoms. The van der Waals surface area contributed by atoms with Crippen molar-refractivity contribution in [3.63, 3.8) is 0 Å². The van der Waals surface area contributed by atoms with E-state index in [2.05, 4.69) is 21.2 Å². The van der Waals surface area contributed by atoms with E-state index in [4.69, 9.17) is 4.74 Å². The fourth-order valence-corrected chi connectivity index (χ4v) is 2.25. The minimum Gasteiger partial charge on any atom is -0.386 e. The Kier molecular flexibility index (Phi) is 4.14. The lowest BCUT2D eigenvalue weighted by Gasteiger charge is -2.20. The minimum absolute atomic E-state index is 0.267. The summed E-state index contributed by atoms with van der Waals surface area (Å²) in [6, 6.07) is 4.88. The Morgan fingerprint density at radius 3 is 3.00 bits per heavy atom. The maximum Gasteiger partial charge on any atom is 0.137 e. The second-order valence-electron chi connectivity index (χ2n) is 4.38. The highest BCUT2D eigenvalue weighted by molar-refractivity contribution is 9.10. The molecule has 1 saturated heterocycles. The Hall–Kier alpha value is -0.490. The zero-order valence-corrected chi connectivity index (χ0v) is 11.0. The van der Waals surface area contributed by atoms with E-state index in [1.165, 1.54) is 6.07 Å². The van der Waals surface area contributed by atoms with Crippen LogP contribution in [-0.4, -0.2) is 30.5 Å². The summed E-state index contributed by atoms with van der Waals surface area (Å²) in [5.41, 5.74) is 0.220. The molecule has 2 N–H and O–H groups in total. The first-order valence-electron chi connectivity index (χ1n) is 5.54. The maximum absolute atomic E-state index is 13.0. The van der Waals surface area contributed by atoms with Gasteiger partial charge in [-0.1, -0.05) is 6.07 Å². The van der Waals surface area contributed by atoms with Gasteiger partial charge >= 0.3 is 0 Å². The number of hydrogen-bond donors (Lipinski definition) is 2. The molecule has 2 rings (SSSR count). The fraction of sp³-hybridized carbons (Fsp3) is 0.500. The van der Waals surface area contributed by atoms with Gasteiger partial charge in [0, 0.05) is 26.1 Å². The second kappa shape index (κ2) is 5.44. The Labute approximate surface area is 108 Å². The number of ether oxygens (including phenoxy) is 1. The quantitative estimate of drug-likeness (QED) is 0.892. The van der Waals surface area contributed by atoms with E-state index in [0.29, 0.717) is 37.2 Å². The summed E-state index contributed by atoms with van der Waals surface area (Å²) in [4.78, 5) is 0. The van der Waals surface area contributed by atoms with Crippen LogP contribution >= 0.6 is 15.9 Å². The molecule has 0 aromatic heterocycles. The Balaban J connectivity index is 1.83. The topological polar surface area (TPSA) is 41.5 Å². The first kappa shape index (κ1) is 13.0. The van der Waals surface area contributed by atoms with Crippen molar-refractivity contribution in [3.05, 3.63) is 34.1 Å². The average molecular weight is 304 g/mol. The molecular weight excluding hydrogens is 289 g/mol. The Bertz CT molecular complexity index is 394. The fourth-order valence-electron chi connectivity index (χ4n) is 1.82. The van der Waals surface area contributed by atoms with Crippen molar-refractivity contribution < 1.29 is 14.2 Å². The summed E-state index contributed by atoms with van der Waals surface area (Å²) in [5.74, 6) is -0.267. The molecule has 1 heterocycles. The smallest absolute Gasteiger partial charge is 0.137 e. The van der Waals surface area contributed by atoms with Crippen molar-refractivity contribution >= 4 is 15.9 Å². The van der Waals surface area contributed by atoms with Gasteiger partial charge in [0.25, 0.3) is 0 Å². The van der Waals surface area contributed by atoms with Crippen molar-refractivity contribution in [2.75, 3.05) is 19.8 Å². The predicted octanol–water partition coefficient (Wildman–Crippen LogP) is 1.83. The van der Waals surface area contributed by atoms with E-state index in [-0.39, 0.29) is 5.82 Å². The van der Waals surface area contributed by atoms with Crippen molar-refractivity contribution in [3.8, 4) is 0 Å². The van der Waals surface area contributed by atoms with Crippen LogP contribution < -0.4 is 5.32 Å². The molecule has 1 aromatic rings. The van der Waals surface area contributed by atoms with E-state index in [0.717, 1.165) is 5.56 Å². The summed E-state index contributed by atoms with van der Waals surface area (Å²) < 4.78 is 18.6. The molecule has 3 nitrogen and oxygen atoms in total. The highest BCUT2D eigenvalue weighted by Gasteiger charge is 2.31. The van der Waals surface area contributed by atoms with Gasteiger partial charge in [0.1, 0.15) is 11.4 Å². The second-order valence-corrected chi connectivity index (χ2v) is 5.23. The molecule has 1 aliphatic heterocycles. The van der Waals surface area contributed by atoms with Crippen LogP contribution in [0.15, 0.2) is 22.7 Å². The zero-order chi connectivity index (χ0) is 12.3. The number of nitrogens with one attached hydrogen (secondary N) is 1. The van der Waals surface area contributed by atoms with Crippen LogP contribution in [0.3, 0.4) is 0 Å². The number of hydrogen-bond acceptors (Lipinski definition) is 3. The molecule has 17 heavy (non-hydrogen) atoms. The summed E-state index contributed by atoms with van der Waals surface area (Å²) in [7, 11) is 0. The molecule has 1 atom stereocenters. The van der Waals surface area contributed by atoms with Gasteiger partial charge in [0.05, 0.1) is 11.1 Å². The number of benzene rings is 1. The lowest BCUT2D eigenvalue weighted by atomic mass is 10.0. The largest absolute Gasteiger partial charge is 0.386 e. The first-order valence-corrected chi connectivity index (χ1v) is 6.33. The standard InChI is InChI=1S/C12H15BrFNO2/c13-10-5-9(1-2-11(10)14)6-15-7-12(16)3-4-17-8-12/h1-2,5,15-16H,3-4,6-8H2. The predicted molar refractivity (Wildman–Crippen MR) is 66.2 cm³/mol. The van der Waals surface area contributed by atoms with Crippen LogP contribution in [0.1, 0.15) is 12.0 Å². The summed E-state index contributed by atoms with van der Waals surface area (Å²) >= 11 is 3.14. The molecular formula is C12H15BrFNO2. The molecule has 1 fully saturated rings. The molecule has 0 aliphatic carbocycles. The number of rotatable bonds is 4. The van der Waals surface area contributed by atoms with Gasteiger partial charge in [-0.15, -0.1) is 0 Å². The number of halogens is 2. The lowest BCUT2D eigenvalue weighted by Crippen LogP contribution is -2.40. The van der Waals surface area contributed by atoms with Crippen LogP contribution in [0, 0.1) is 5.82 Å². The van der Waals surface area contributed by atoms with Crippen LogP contribution in [0.2, 0.25) is 0 Å². The van der Waals surface area contributed by atoms with Gasteiger partial charge < -0.3 is 15.2 Å². The van der Waals surface area contributed by atoms with Crippen LogP contribution in [-0.2, 0) is 11.3 Å². The third-order valence-corrected chi connectivity index (χ3v) is 3.46. The van der Waals surface area contributed by atoms with Gasteiger partial charge in [0.15, 0.2) is 0 Å². The van der Waals surface area contributed by atoms with E-state index >= 15 is 0 Å². The van der Waals surface area contributed by atoms with Gasteiger partial charge in [-0.3, -0.25) is 0 Å². The van der Waals surface area contributed by atoms with Crippen molar-refractivity contribution in [2.45, 2.75) is 18.6 Å². The van der Waals surface area contributed by atoms with Crippen LogP contribution in [0.5, 0.6) is 0 Å². The third-order valence-electron chi connectivity index (χ3n) is 2.85. The average Bonchev–Trinajstić information content (AvgIpc) is 2.71. The molecule has 1 aliphatic rings. The molecule has 0 saturated carbocycles. The van der Waals surface area contributed by atoms with E-state index < -0.39 is 5.60 Å². The SMILES string of the molecule is OC1(CNCc2ccc(F)c(Br)c2)CCOC1. The Morgan fingerprint density at radius 2 is 2.35 bits per heavy atom. The molecule has 0 spiro atoms. The maximum atomic E-state index is 13.0. The molecule has 0 amide bonds. The highest BCUT2D eigenvalue weighted by Crippen LogP contribution is 2.18. The summed E-state index contributed by atoms with van der Waals surface area (Å²) in [6.45, 7) is 2.08. The van der Waals surface area contributed by atoms with Gasteiger partial charge in [-0.25, -0.2) is 4.39 Å². The van der Waals surface area contributed by atoms with Crippen molar-refractivity contribution in [1.29, 1.82) is 0 Å². The van der Waals surface area contributed by atoms with Gasteiger partial charge in [-0.05, 0) is 33.6 Å². The molecule has 0 radical (unpaired) electrons. The summed E-state index contributed by atoms with van der Waals surface area (Å²) in [6.07, 6.45) is 0.660. The number of aliphatic hydroxyl groups is 1. The molecule has 1 aromatic carbocycles. The zero-order valence-electron chi connectivity index (χ0n) is 9.38. The molecule has 1 unspecified atom stereocenters. The first-order chi connectivity index (χ1) is 8.09. The molecule has 94 valence electrons. The normalized spacial score (nSPS) is 24.2. The van der Waals surface area contributed by atoms with Gasteiger partial charge in [0.2, 0.25) is 0 Å². The van der Waals surface area contributed by atoms with Gasteiger partial charge in [-0.2, -0.15) is 0 Å². The summed E-state index contributed by atoms with van der Waals surface area (Å²) in [5, 5.41) is 13.2. The van der Waals surface area contributed by atoms with E-state index in [1.54, 1.807) is 12.1 Å². The van der Waals surface area contributed by atoms with Crippen molar-refractivity contribution in [1.82, 2.24) is 5.32 Å². The third kappa shape index (κ3) is 3.48. The lowest BCUT2D eigenvalue weighted by molar-refractivity contribution is 0.0268. The monoisotopic (exact) mass is 303 g/mol. The van der Waals surface area contributed by atoms with Crippen LogP contribution in [0.25, 0.3) is 0 Å². The van der Waals surface area contributed by atoms with E-state index in [9.17, 15) is 9.50 Å². The van der Waals surface area contributed by atoms with Crippen molar-refractivity contribution in [2.24, 2.45) is 0 Å². The van der Waals surface area contributed by atoms with Crippen LogP contribution in [0.4, 0.5) is 4.39 Å². The Morgan fingerprint density at radius 1 is 1.53 bits per heavy atom. The minimum atomic E-state index is -0.753.